The Morgan fingerprint density at radius 3 is 2.61 bits per heavy atom. The second kappa shape index (κ2) is 6.18. The molecule has 0 radical (unpaired) electrons. The van der Waals surface area contributed by atoms with Crippen LogP contribution in [0.15, 0.2) is 0 Å². The average molecular weight is 255 g/mol. The number of rotatable bonds is 4. The van der Waals surface area contributed by atoms with Crippen molar-refractivity contribution in [2.75, 3.05) is 20.1 Å². The summed E-state index contributed by atoms with van der Waals surface area (Å²) < 4.78 is 0. The van der Waals surface area contributed by atoms with E-state index >= 15 is 0 Å². The van der Waals surface area contributed by atoms with Crippen molar-refractivity contribution in [2.24, 2.45) is 11.3 Å². The molecule has 18 heavy (non-hydrogen) atoms. The van der Waals surface area contributed by atoms with Gasteiger partial charge < -0.3 is 16.0 Å². The summed E-state index contributed by atoms with van der Waals surface area (Å²) in [6.07, 6.45) is 1.95. The van der Waals surface area contributed by atoms with Crippen LogP contribution in [0.2, 0.25) is 0 Å². The predicted molar refractivity (Wildman–Crippen MR) is 71.0 cm³/mol. The lowest BCUT2D eigenvalue weighted by atomic mass is 9.89. The lowest BCUT2D eigenvalue weighted by Crippen LogP contribution is -2.50. The van der Waals surface area contributed by atoms with Crippen LogP contribution in [0.25, 0.3) is 0 Å². The van der Waals surface area contributed by atoms with Crippen LogP contribution in [0.4, 0.5) is 0 Å². The zero-order valence-corrected chi connectivity index (χ0v) is 11.8. The van der Waals surface area contributed by atoms with Crippen molar-refractivity contribution in [1.29, 1.82) is 0 Å². The molecule has 0 aliphatic carbocycles. The van der Waals surface area contributed by atoms with Gasteiger partial charge in [-0.2, -0.15) is 0 Å². The molecule has 0 aromatic rings. The number of hydrogen-bond donors (Lipinski definition) is 3. The Balaban J connectivity index is 2.47. The number of nitrogens with one attached hydrogen (secondary N) is 3. The van der Waals surface area contributed by atoms with Crippen LogP contribution < -0.4 is 16.0 Å². The number of amides is 2. The SMILES string of the molecule is CNC(=O)C(C)(C)CNC(=O)C1CCCNC1C. The maximum absolute atomic E-state index is 12.1. The normalized spacial score (nSPS) is 24.4. The van der Waals surface area contributed by atoms with Gasteiger partial charge >= 0.3 is 0 Å². The Kier molecular flexibility index (Phi) is 5.14. The van der Waals surface area contributed by atoms with Crippen LogP contribution in [0.3, 0.4) is 0 Å². The van der Waals surface area contributed by atoms with Gasteiger partial charge in [0.2, 0.25) is 11.8 Å². The number of piperidine rings is 1. The Bertz CT molecular complexity index is 315. The average Bonchev–Trinajstić information content (AvgIpc) is 2.35. The fourth-order valence-electron chi connectivity index (χ4n) is 2.26. The molecule has 3 N–H and O–H groups in total. The zero-order valence-electron chi connectivity index (χ0n) is 11.8. The van der Waals surface area contributed by atoms with Gasteiger partial charge in [-0.15, -0.1) is 0 Å². The highest BCUT2D eigenvalue weighted by atomic mass is 16.2. The molecule has 2 atom stereocenters. The monoisotopic (exact) mass is 255 g/mol. The lowest BCUT2D eigenvalue weighted by molar-refractivity contribution is -0.130. The third-order valence-corrected chi connectivity index (χ3v) is 3.64. The minimum atomic E-state index is -0.574. The Morgan fingerprint density at radius 1 is 1.39 bits per heavy atom. The topological polar surface area (TPSA) is 70.2 Å². The summed E-state index contributed by atoms with van der Waals surface area (Å²) in [5.41, 5.74) is -0.574. The van der Waals surface area contributed by atoms with Gasteiger partial charge in [0.05, 0.1) is 11.3 Å². The maximum atomic E-state index is 12.1. The molecule has 1 fully saturated rings. The summed E-state index contributed by atoms with van der Waals surface area (Å²) in [5.74, 6) is 0.00327. The van der Waals surface area contributed by atoms with Gasteiger partial charge in [-0.3, -0.25) is 9.59 Å². The molecule has 0 aromatic carbocycles. The summed E-state index contributed by atoms with van der Waals surface area (Å²) in [5, 5.41) is 8.82. The number of carbonyl (C=O) groups excluding carboxylic acids is 2. The van der Waals surface area contributed by atoms with Crippen molar-refractivity contribution >= 4 is 11.8 Å². The minimum absolute atomic E-state index is 0.0132. The Hall–Kier alpha value is -1.10. The molecule has 0 aromatic heterocycles. The summed E-state index contributed by atoms with van der Waals surface area (Å²) in [6, 6.07) is 0.210. The Labute approximate surface area is 109 Å². The van der Waals surface area contributed by atoms with Gasteiger partial charge in [0.25, 0.3) is 0 Å². The molecule has 1 saturated heterocycles. The van der Waals surface area contributed by atoms with Crippen molar-refractivity contribution < 1.29 is 9.59 Å². The molecule has 1 heterocycles. The first-order valence-electron chi connectivity index (χ1n) is 6.62. The highest BCUT2D eigenvalue weighted by Crippen LogP contribution is 2.18. The first kappa shape index (κ1) is 15.0. The van der Waals surface area contributed by atoms with E-state index in [1.165, 1.54) is 0 Å². The second-order valence-electron chi connectivity index (χ2n) is 5.67. The van der Waals surface area contributed by atoms with Gasteiger partial charge in [-0.1, -0.05) is 0 Å². The van der Waals surface area contributed by atoms with Crippen molar-refractivity contribution in [3.05, 3.63) is 0 Å². The highest BCUT2D eigenvalue weighted by molar-refractivity contribution is 5.84. The van der Waals surface area contributed by atoms with Crippen LogP contribution in [-0.2, 0) is 9.59 Å². The van der Waals surface area contributed by atoms with E-state index in [1.807, 2.05) is 20.8 Å². The predicted octanol–water partition coefficient (Wildman–Crippen LogP) is 0.263. The molecule has 5 nitrogen and oxygen atoms in total. The molecule has 5 heteroatoms. The van der Waals surface area contributed by atoms with Gasteiger partial charge in [0.15, 0.2) is 0 Å². The van der Waals surface area contributed by atoms with Gasteiger partial charge in [-0.05, 0) is 40.2 Å². The molecule has 1 aliphatic heterocycles. The van der Waals surface area contributed by atoms with E-state index in [1.54, 1.807) is 7.05 Å². The first-order valence-corrected chi connectivity index (χ1v) is 6.62. The maximum Gasteiger partial charge on any atom is 0.227 e. The second-order valence-corrected chi connectivity index (χ2v) is 5.67. The molecular weight excluding hydrogens is 230 g/mol. The highest BCUT2D eigenvalue weighted by Gasteiger charge is 2.31. The van der Waals surface area contributed by atoms with Crippen molar-refractivity contribution in [3.8, 4) is 0 Å². The molecule has 2 amide bonds. The lowest BCUT2D eigenvalue weighted by Gasteiger charge is -2.30. The Morgan fingerprint density at radius 2 is 2.06 bits per heavy atom. The largest absolute Gasteiger partial charge is 0.359 e. The van der Waals surface area contributed by atoms with Crippen molar-refractivity contribution in [2.45, 2.75) is 39.7 Å². The molecular formula is C13H25N3O2. The standard InChI is InChI=1S/C13H25N3O2/c1-9-10(6-5-7-15-9)11(17)16-8-13(2,3)12(18)14-4/h9-10,15H,5-8H2,1-4H3,(H,14,18)(H,16,17). The van der Waals surface area contributed by atoms with E-state index in [-0.39, 0.29) is 23.8 Å². The van der Waals surface area contributed by atoms with Gasteiger partial charge in [0, 0.05) is 19.6 Å². The molecule has 1 rings (SSSR count). The third kappa shape index (κ3) is 3.70. The summed E-state index contributed by atoms with van der Waals surface area (Å²) in [4.78, 5) is 23.7. The van der Waals surface area contributed by atoms with Crippen LogP contribution in [0, 0.1) is 11.3 Å². The fraction of sp³-hybridized carbons (Fsp3) is 0.846. The van der Waals surface area contributed by atoms with E-state index < -0.39 is 5.41 Å². The quantitative estimate of drug-likeness (QED) is 0.675. The molecule has 0 bridgehead atoms. The summed E-state index contributed by atoms with van der Waals surface area (Å²) >= 11 is 0. The van der Waals surface area contributed by atoms with Crippen LogP contribution in [0.5, 0.6) is 0 Å². The van der Waals surface area contributed by atoms with E-state index in [2.05, 4.69) is 16.0 Å². The molecule has 104 valence electrons. The summed E-state index contributed by atoms with van der Waals surface area (Å²) in [7, 11) is 1.61. The van der Waals surface area contributed by atoms with E-state index in [0.717, 1.165) is 19.4 Å². The van der Waals surface area contributed by atoms with Crippen molar-refractivity contribution in [3.63, 3.8) is 0 Å². The van der Waals surface area contributed by atoms with E-state index in [0.29, 0.717) is 6.54 Å². The smallest absolute Gasteiger partial charge is 0.227 e. The third-order valence-electron chi connectivity index (χ3n) is 3.64. The zero-order chi connectivity index (χ0) is 13.8. The van der Waals surface area contributed by atoms with Gasteiger partial charge in [0.1, 0.15) is 0 Å². The molecule has 2 unspecified atom stereocenters. The van der Waals surface area contributed by atoms with Crippen LogP contribution >= 0.6 is 0 Å². The number of hydrogen-bond acceptors (Lipinski definition) is 3. The van der Waals surface area contributed by atoms with Crippen molar-refractivity contribution in [1.82, 2.24) is 16.0 Å². The first-order chi connectivity index (χ1) is 8.38. The summed E-state index contributed by atoms with van der Waals surface area (Å²) in [6.45, 7) is 7.04. The van der Waals surface area contributed by atoms with E-state index in [9.17, 15) is 9.59 Å². The van der Waals surface area contributed by atoms with E-state index in [4.69, 9.17) is 0 Å². The molecule has 0 spiro atoms. The van der Waals surface area contributed by atoms with Gasteiger partial charge in [-0.25, -0.2) is 0 Å². The molecule has 0 saturated carbocycles. The minimum Gasteiger partial charge on any atom is -0.359 e. The van der Waals surface area contributed by atoms with Crippen LogP contribution in [0.1, 0.15) is 33.6 Å². The van der Waals surface area contributed by atoms with Crippen LogP contribution in [-0.4, -0.2) is 38.0 Å². The number of carbonyl (C=O) groups is 2. The molecule has 1 aliphatic rings. The fourth-order valence-corrected chi connectivity index (χ4v) is 2.26.